The highest BCUT2D eigenvalue weighted by atomic mass is 32.2. The number of hydrogen-bond acceptors (Lipinski definition) is 5. The number of benzene rings is 1. The molecular formula is C15H13N3O2S2. The van der Waals surface area contributed by atoms with Gasteiger partial charge >= 0.3 is 0 Å². The quantitative estimate of drug-likeness (QED) is 0.779. The number of nitrogens with one attached hydrogen (secondary N) is 1. The highest BCUT2D eigenvalue weighted by molar-refractivity contribution is 7.92. The molecule has 2 aromatic heterocycles. The zero-order chi connectivity index (χ0) is 15.4. The zero-order valence-electron chi connectivity index (χ0n) is 11.5. The molecule has 0 unspecified atom stereocenters. The van der Waals surface area contributed by atoms with Crippen LogP contribution in [0.2, 0.25) is 0 Å². The molecule has 0 saturated carbocycles. The van der Waals surface area contributed by atoms with Crippen LogP contribution in [0.4, 0.5) is 5.13 Å². The van der Waals surface area contributed by atoms with Crippen molar-refractivity contribution >= 4 is 26.5 Å². The van der Waals surface area contributed by atoms with E-state index in [2.05, 4.69) is 14.7 Å². The summed E-state index contributed by atoms with van der Waals surface area (Å²) in [6, 6.07) is 12.7. The largest absolute Gasteiger partial charge is 0.264 e. The number of pyridine rings is 1. The third-order valence-corrected chi connectivity index (χ3v) is 5.01. The van der Waals surface area contributed by atoms with Gasteiger partial charge in [0.05, 0.1) is 11.4 Å². The first kappa shape index (κ1) is 14.7. The molecule has 1 aromatic carbocycles. The van der Waals surface area contributed by atoms with E-state index in [1.54, 1.807) is 29.9 Å². The summed E-state index contributed by atoms with van der Waals surface area (Å²) in [5.41, 5.74) is 2.29. The van der Waals surface area contributed by atoms with Crippen LogP contribution in [0.5, 0.6) is 0 Å². The summed E-state index contributed by atoms with van der Waals surface area (Å²) in [5.74, 6) is -0.0738. The Bertz CT molecular complexity index is 847. The van der Waals surface area contributed by atoms with E-state index in [4.69, 9.17) is 0 Å². The molecule has 0 atom stereocenters. The summed E-state index contributed by atoms with van der Waals surface area (Å²) >= 11 is 1.25. The maximum absolute atomic E-state index is 12.2. The lowest BCUT2D eigenvalue weighted by Crippen LogP contribution is -2.14. The van der Waals surface area contributed by atoms with Gasteiger partial charge in [-0.2, -0.15) is 0 Å². The summed E-state index contributed by atoms with van der Waals surface area (Å²) in [6.45, 7) is 0. The van der Waals surface area contributed by atoms with Crippen LogP contribution in [-0.4, -0.2) is 18.4 Å². The molecule has 0 aliphatic rings. The van der Waals surface area contributed by atoms with Crippen molar-refractivity contribution in [2.75, 3.05) is 4.72 Å². The van der Waals surface area contributed by atoms with Crippen LogP contribution in [0.3, 0.4) is 0 Å². The van der Waals surface area contributed by atoms with E-state index < -0.39 is 10.0 Å². The molecular weight excluding hydrogens is 318 g/mol. The van der Waals surface area contributed by atoms with Crippen LogP contribution in [0, 0.1) is 0 Å². The third-order valence-electron chi connectivity index (χ3n) is 2.90. The zero-order valence-corrected chi connectivity index (χ0v) is 13.1. The van der Waals surface area contributed by atoms with Gasteiger partial charge in [-0.05, 0) is 17.7 Å². The number of anilines is 1. The van der Waals surface area contributed by atoms with Crippen molar-refractivity contribution in [3.05, 3.63) is 65.8 Å². The van der Waals surface area contributed by atoms with Gasteiger partial charge in [0.15, 0.2) is 5.13 Å². The number of rotatable bonds is 5. The monoisotopic (exact) mass is 331 g/mol. The maximum atomic E-state index is 12.2. The van der Waals surface area contributed by atoms with Crippen LogP contribution >= 0.6 is 11.3 Å². The van der Waals surface area contributed by atoms with E-state index in [1.807, 2.05) is 30.3 Å². The number of aromatic nitrogens is 2. The van der Waals surface area contributed by atoms with E-state index >= 15 is 0 Å². The molecule has 0 bridgehead atoms. The van der Waals surface area contributed by atoms with Crippen molar-refractivity contribution in [3.8, 4) is 11.3 Å². The van der Waals surface area contributed by atoms with Gasteiger partial charge in [-0.1, -0.05) is 30.3 Å². The molecule has 0 aliphatic heterocycles. The smallest absolute Gasteiger partial charge is 0.238 e. The van der Waals surface area contributed by atoms with Crippen LogP contribution in [0.25, 0.3) is 11.3 Å². The minimum atomic E-state index is -3.47. The number of sulfonamides is 1. The molecule has 22 heavy (non-hydrogen) atoms. The van der Waals surface area contributed by atoms with Gasteiger partial charge in [0.25, 0.3) is 0 Å². The second-order valence-corrected chi connectivity index (χ2v) is 7.21. The van der Waals surface area contributed by atoms with Gasteiger partial charge in [0.1, 0.15) is 0 Å². The highest BCUT2D eigenvalue weighted by Crippen LogP contribution is 2.25. The molecule has 0 aliphatic carbocycles. The average molecular weight is 331 g/mol. The minimum absolute atomic E-state index is 0.0738. The fourth-order valence-corrected chi connectivity index (χ4v) is 4.08. The summed E-state index contributed by atoms with van der Waals surface area (Å²) < 4.78 is 26.8. The lowest BCUT2D eigenvalue weighted by atomic mass is 10.2. The Hall–Kier alpha value is -2.25. The SMILES string of the molecule is O=S(=O)(Cc1ccccc1)Nc1nc(-c2cccnc2)cs1. The predicted octanol–water partition coefficient (Wildman–Crippen LogP) is 3.15. The van der Waals surface area contributed by atoms with E-state index in [0.717, 1.165) is 11.1 Å². The van der Waals surface area contributed by atoms with Crippen LogP contribution in [-0.2, 0) is 15.8 Å². The highest BCUT2D eigenvalue weighted by Gasteiger charge is 2.14. The molecule has 1 N–H and O–H groups in total. The molecule has 0 fully saturated rings. The fraction of sp³-hybridized carbons (Fsp3) is 0.0667. The van der Waals surface area contributed by atoms with Gasteiger partial charge in [-0.3, -0.25) is 9.71 Å². The molecule has 5 nitrogen and oxygen atoms in total. The Morgan fingerprint density at radius 2 is 1.91 bits per heavy atom. The third kappa shape index (κ3) is 3.69. The van der Waals surface area contributed by atoms with Crippen LogP contribution < -0.4 is 4.72 Å². The Morgan fingerprint density at radius 3 is 2.64 bits per heavy atom. The molecule has 7 heteroatoms. The average Bonchev–Trinajstić information content (AvgIpc) is 2.96. The molecule has 3 rings (SSSR count). The molecule has 2 heterocycles. The molecule has 3 aromatic rings. The molecule has 0 spiro atoms. The second-order valence-electron chi connectivity index (χ2n) is 4.63. The Morgan fingerprint density at radius 1 is 1.09 bits per heavy atom. The van der Waals surface area contributed by atoms with Crippen LogP contribution in [0.15, 0.2) is 60.2 Å². The fourth-order valence-electron chi connectivity index (χ4n) is 1.93. The van der Waals surface area contributed by atoms with Gasteiger partial charge in [0, 0.05) is 23.3 Å². The first-order chi connectivity index (χ1) is 10.6. The van der Waals surface area contributed by atoms with E-state index in [1.165, 1.54) is 11.3 Å². The summed E-state index contributed by atoms with van der Waals surface area (Å²) in [5, 5.41) is 2.16. The summed E-state index contributed by atoms with van der Waals surface area (Å²) in [6.07, 6.45) is 3.37. The van der Waals surface area contributed by atoms with Gasteiger partial charge in [-0.25, -0.2) is 13.4 Å². The van der Waals surface area contributed by atoms with Crippen molar-refractivity contribution in [2.45, 2.75) is 5.75 Å². The van der Waals surface area contributed by atoms with Crippen LogP contribution in [0.1, 0.15) is 5.56 Å². The summed E-state index contributed by atoms with van der Waals surface area (Å²) in [7, 11) is -3.47. The van der Waals surface area contributed by atoms with Gasteiger partial charge in [0.2, 0.25) is 10.0 Å². The molecule has 112 valence electrons. The van der Waals surface area contributed by atoms with Gasteiger partial charge < -0.3 is 0 Å². The van der Waals surface area contributed by atoms with E-state index in [-0.39, 0.29) is 5.75 Å². The van der Waals surface area contributed by atoms with E-state index in [9.17, 15) is 8.42 Å². The Labute approximate surface area is 132 Å². The topological polar surface area (TPSA) is 72.0 Å². The molecule has 0 radical (unpaired) electrons. The standard InChI is InChI=1S/C15H13N3O2S2/c19-22(20,11-12-5-2-1-3-6-12)18-15-17-14(10-21-15)13-7-4-8-16-9-13/h1-10H,11H2,(H,17,18). The predicted molar refractivity (Wildman–Crippen MR) is 88.0 cm³/mol. The van der Waals surface area contributed by atoms with Crippen molar-refractivity contribution in [1.29, 1.82) is 0 Å². The van der Waals surface area contributed by atoms with E-state index in [0.29, 0.717) is 10.8 Å². The molecule has 0 saturated heterocycles. The molecule has 0 amide bonds. The summed E-state index contributed by atoms with van der Waals surface area (Å²) in [4.78, 5) is 8.32. The maximum Gasteiger partial charge on any atom is 0.238 e. The number of thiazole rings is 1. The van der Waals surface area contributed by atoms with Crippen molar-refractivity contribution in [2.24, 2.45) is 0 Å². The van der Waals surface area contributed by atoms with Crippen molar-refractivity contribution in [1.82, 2.24) is 9.97 Å². The lowest BCUT2D eigenvalue weighted by Gasteiger charge is -2.04. The number of hydrogen-bond donors (Lipinski definition) is 1. The Kier molecular flexibility index (Phi) is 4.17. The van der Waals surface area contributed by atoms with Crippen molar-refractivity contribution in [3.63, 3.8) is 0 Å². The normalized spacial score (nSPS) is 11.3. The lowest BCUT2D eigenvalue weighted by molar-refractivity contribution is 0.600. The number of nitrogens with zero attached hydrogens (tertiary/aromatic N) is 2. The first-order valence-electron chi connectivity index (χ1n) is 6.53. The Balaban J connectivity index is 1.75. The van der Waals surface area contributed by atoms with Crippen molar-refractivity contribution < 1.29 is 8.42 Å². The van der Waals surface area contributed by atoms with Gasteiger partial charge in [-0.15, -0.1) is 11.3 Å². The second kappa shape index (κ2) is 6.25. The first-order valence-corrected chi connectivity index (χ1v) is 9.06. The minimum Gasteiger partial charge on any atom is -0.264 e.